The van der Waals surface area contributed by atoms with E-state index in [1.165, 1.54) is 16.7 Å². The number of rotatable bonds is 2. The molecule has 3 aromatic rings. The van der Waals surface area contributed by atoms with Gasteiger partial charge in [-0.25, -0.2) is 9.36 Å². The van der Waals surface area contributed by atoms with Gasteiger partial charge >= 0.3 is 5.69 Å². The normalized spacial score (nSPS) is 21.0. The number of nitrogens with zero attached hydrogens (tertiary/aromatic N) is 3. The van der Waals surface area contributed by atoms with Crippen molar-refractivity contribution < 1.29 is 10.0 Å². The highest BCUT2D eigenvalue weighted by molar-refractivity contribution is 5.97. The predicted molar refractivity (Wildman–Crippen MR) is 90.3 cm³/mol. The van der Waals surface area contributed by atoms with Crippen molar-refractivity contribution in [3.05, 3.63) is 62.7 Å². The second-order valence-electron chi connectivity index (χ2n) is 6.45. The highest BCUT2D eigenvalue weighted by atomic mass is 16.6. The van der Waals surface area contributed by atoms with E-state index < -0.39 is 4.92 Å². The fourth-order valence-corrected chi connectivity index (χ4v) is 4.16. The van der Waals surface area contributed by atoms with Gasteiger partial charge in [0.15, 0.2) is 0 Å². The maximum absolute atomic E-state index is 12.9. The largest absolute Gasteiger partial charge is 0.493 e. The monoisotopic (exact) mass is 338 g/mol. The molecule has 8 heteroatoms. The molecule has 3 heterocycles. The van der Waals surface area contributed by atoms with Crippen LogP contribution < -0.4 is 11.0 Å². The molecule has 2 aliphatic heterocycles. The summed E-state index contributed by atoms with van der Waals surface area (Å²) in [5.74, 6) is -0.0938. The molecular formula is C17H14N4O4. The number of imidazole rings is 1. The summed E-state index contributed by atoms with van der Waals surface area (Å²) >= 11 is 0. The van der Waals surface area contributed by atoms with Crippen LogP contribution in [0, 0.1) is 10.1 Å². The number of hydrogen-bond acceptors (Lipinski definition) is 5. The smallest absolute Gasteiger partial charge is 0.336 e. The van der Waals surface area contributed by atoms with Crippen LogP contribution in [0.4, 0.5) is 5.69 Å². The van der Waals surface area contributed by atoms with Gasteiger partial charge in [0, 0.05) is 18.0 Å². The minimum absolute atomic E-state index is 0.0248. The van der Waals surface area contributed by atoms with Crippen molar-refractivity contribution in [1.29, 1.82) is 0 Å². The molecule has 0 unspecified atom stereocenters. The van der Waals surface area contributed by atoms with E-state index >= 15 is 0 Å². The summed E-state index contributed by atoms with van der Waals surface area (Å²) in [5.41, 5.74) is 0.717. The van der Waals surface area contributed by atoms with E-state index in [-0.39, 0.29) is 29.3 Å². The average Bonchev–Trinajstić information content (AvgIpc) is 3.28. The van der Waals surface area contributed by atoms with E-state index in [1.807, 2.05) is 0 Å². The van der Waals surface area contributed by atoms with Gasteiger partial charge in [-0.2, -0.15) is 0 Å². The van der Waals surface area contributed by atoms with Gasteiger partial charge in [0.05, 0.1) is 28.1 Å². The molecule has 25 heavy (non-hydrogen) atoms. The van der Waals surface area contributed by atoms with Crippen molar-refractivity contribution >= 4 is 16.5 Å². The maximum atomic E-state index is 12.9. The summed E-state index contributed by atoms with van der Waals surface area (Å²) in [6.07, 6.45) is 0.806. The first kappa shape index (κ1) is 14.2. The Labute approximate surface area is 141 Å². The zero-order chi connectivity index (χ0) is 17.3. The van der Waals surface area contributed by atoms with Gasteiger partial charge < -0.3 is 10.4 Å². The maximum Gasteiger partial charge on any atom is 0.336 e. The van der Waals surface area contributed by atoms with Gasteiger partial charge in [-0.15, -0.1) is 0 Å². The Bertz CT molecular complexity index is 1110. The lowest BCUT2D eigenvalue weighted by Gasteiger charge is -2.13. The van der Waals surface area contributed by atoms with E-state index in [0.717, 1.165) is 6.42 Å². The second kappa shape index (κ2) is 4.70. The molecule has 0 saturated carbocycles. The van der Waals surface area contributed by atoms with Crippen LogP contribution in [0.3, 0.4) is 0 Å². The average molecular weight is 338 g/mol. The first-order valence-electron chi connectivity index (χ1n) is 8.04. The predicted octanol–water partition coefficient (Wildman–Crippen LogP) is 2.00. The lowest BCUT2D eigenvalue weighted by Crippen LogP contribution is -2.31. The Kier molecular flexibility index (Phi) is 2.68. The third kappa shape index (κ3) is 1.71. The summed E-state index contributed by atoms with van der Waals surface area (Å²) in [4.78, 5) is 23.8. The summed E-state index contributed by atoms with van der Waals surface area (Å²) in [5, 5.41) is 26.3. The molecule has 0 radical (unpaired) electrons. The lowest BCUT2D eigenvalue weighted by atomic mass is 10.1. The standard InChI is InChI=1S/C17H14N4O4/c22-16-15-12-7-9(8-18-12)19(15)17(23)20(16)13-5-6-14(21(24)25)11-4-2-1-3-10(11)13/h1-6,9,12,18,22H,7-8H2/t9-,12-/m0/s1. The Morgan fingerprint density at radius 3 is 2.68 bits per heavy atom. The molecule has 5 rings (SSSR count). The molecule has 2 atom stereocenters. The van der Waals surface area contributed by atoms with Crippen LogP contribution in [0.15, 0.2) is 41.2 Å². The molecule has 126 valence electrons. The third-order valence-electron chi connectivity index (χ3n) is 5.22. The molecule has 1 fully saturated rings. The Hall–Kier alpha value is -3.13. The molecule has 2 aliphatic rings. The van der Waals surface area contributed by atoms with Crippen molar-refractivity contribution in [3.63, 3.8) is 0 Å². The van der Waals surface area contributed by atoms with E-state index in [1.54, 1.807) is 28.8 Å². The topological polar surface area (TPSA) is 102 Å². The highest BCUT2D eigenvalue weighted by Gasteiger charge is 2.42. The van der Waals surface area contributed by atoms with Crippen molar-refractivity contribution in [2.75, 3.05) is 6.54 Å². The quantitative estimate of drug-likeness (QED) is 0.549. The third-order valence-corrected chi connectivity index (χ3v) is 5.22. The van der Waals surface area contributed by atoms with Crippen LogP contribution in [-0.4, -0.2) is 25.7 Å². The first-order chi connectivity index (χ1) is 12.1. The Morgan fingerprint density at radius 2 is 1.96 bits per heavy atom. The molecule has 2 bridgehead atoms. The van der Waals surface area contributed by atoms with Crippen LogP contribution in [0.25, 0.3) is 16.5 Å². The number of aromatic nitrogens is 2. The van der Waals surface area contributed by atoms with Gasteiger partial charge in [0.1, 0.15) is 5.69 Å². The minimum Gasteiger partial charge on any atom is -0.493 e. The molecular weight excluding hydrogens is 324 g/mol. The van der Waals surface area contributed by atoms with E-state index in [4.69, 9.17) is 0 Å². The van der Waals surface area contributed by atoms with Gasteiger partial charge in [0.2, 0.25) is 5.88 Å². The summed E-state index contributed by atoms with van der Waals surface area (Å²) in [6, 6.07) is 9.75. The first-order valence-corrected chi connectivity index (χ1v) is 8.04. The van der Waals surface area contributed by atoms with Crippen LogP contribution in [0.2, 0.25) is 0 Å². The van der Waals surface area contributed by atoms with Crippen LogP contribution >= 0.6 is 0 Å². The molecule has 0 amide bonds. The van der Waals surface area contributed by atoms with Crippen molar-refractivity contribution in [3.8, 4) is 11.6 Å². The number of nitro groups is 1. The summed E-state index contributed by atoms with van der Waals surface area (Å²) < 4.78 is 2.90. The fraction of sp³-hybridized carbons (Fsp3) is 0.235. The van der Waals surface area contributed by atoms with Crippen molar-refractivity contribution in [2.24, 2.45) is 0 Å². The molecule has 0 aliphatic carbocycles. The number of fused-ring (bicyclic) bond motifs is 6. The van der Waals surface area contributed by atoms with Crippen LogP contribution in [0.1, 0.15) is 24.2 Å². The minimum atomic E-state index is -0.446. The van der Waals surface area contributed by atoms with E-state index in [9.17, 15) is 20.0 Å². The SMILES string of the molecule is O=c1n(-c2ccc([N+](=O)[O-])c3ccccc23)c(O)c2n1[C@@H]1CN[C@H]2C1. The molecule has 2 N–H and O–H groups in total. The van der Waals surface area contributed by atoms with Gasteiger partial charge in [-0.3, -0.25) is 14.7 Å². The molecule has 8 nitrogen and oxygen atoms in total. The molecule has 2 aromatic carbocycles. The lowest BCUT2D eigenvalue weighted by molar-refractivity contribution is -0.383. The van der Waals surface area contributed by atoms with Crippen molar-refractivity contribution in [2.45, 2.75) is 18.5 Å². The van der Waals surface area contributed by atoms with Gasteiger partial charge in [-0.05, 0) is 18.6 Å². The number of non-ortho nitro benzene ring substituents is 1. The second-order valence-corrected chi connectivity index (χ2v) is 6.45. The fourth-order valence-electron chi connectivity index (χ4n) is 4.16. The summed E-state index contributed by atoms with van der Waals surface area (Å²) in [6.45, 7) is 0.710. The number of nitrogens with one attached hydrogen (secondary N) is 1. The molecule has 1 aromatic heterocycles. The van der Waals surface area contributed by atoms with Gasteiger partial charge in [0.25, 0.3) is 5.69 Å². The van der Waals surface area contributed by atoms with Crippen LogP contribution in [-0.2, 0) is 0 Å². The van der Waals surface area contributed by atoms with E-state index in [2.05, 4.69) is 5.32 Å². The Balaban J connectivity index is 1.84. The number of benzene rings is 2. The van der Waals surface area contributed by atoms with Crippen LogP contribution in [0.5, 0.6) is 5.88 Å². The summed E-state index contributed by atoms with van der Waals surface area (Å²) in [7, 11) is 0. The number of hydrogen-bond donors (Lipinski definition) is 2. The molecule has 0 spiro atoms. The Morgan fingerprint density at radius 1 is 1.20 bits per heavy atom. The van der Waals surface area contributed by atoms with E-state index in [0.29, 0.717) is 28.7 Å². The zero-order valence-electron chi connectivity index (χ0n) is 13.0. The van der Waals surface area contributed by atoms with Gasteiger partial charge in [-0.1, -0.05) is 18.2 Å². The zero-order valence-corrected chi connectivity index (χ0v) is 13.0. The van der Waals surface area contributed by atoms with Crippen molar-refractivity contribution in [1.82, 2.24) is 14.5 Å². The number of aromatic hydroxyl groups is 1. The highest BCUT2D eigenvalue weighted by Crippen LogP contribution is 2.43. The number of nitro benzene ring substituents is 1. The molecule has 1 saturated heterocycles.